The fourth-order valence-corrected chi connectivity index (χ4v) is 5.49. The number of imidazole rings is 1. The van der Waals surface area contributed by atoms with Gasteiger partial charge in [0.1, 0.15) is 5.82 Å². The Kier molecular flexibility index (Phi) is 7.24. The minimum atomic E-state index is 0.285. The minimum absolute atomic E-state index is 0.285. The molecule has 1 N–H and O–H groups in total. The molecule has 26 heavy (non-hydrogen) atoms. The average molecular weight is 444 g/mol. The van der Waals surface area contributed by atoms with Crippen LogP contribution >= 0.6 is 58.3 Å². The lowest BCUT2D eigenvalue weighted by atomic mass is 10.3. The van der Waals surface area contributed by atoms with E-state index in [2.05, 4.69) is 9.97 Å². The molecule has 136 valence electrons. The number of rotatable bonds is 7. The monoisotopic (exact) mass is 442 g/mol. The summed E-state index contributed by atoms with van der Waals surface area (Å²) in [7, 11) is 0. The largest absolute Gasteiger partial charge is 0.346 e. The first-order chi connectivity index (χ1) is 12.5. The van der Waals surface area contributed by atoms with Crippen molar-refractivity contribution in [2.24, 2.45) is 0 Å². The molecule has 0 amide bonds. The molecule has 2 aromatic carbocycles. The SMILES string of the molecule is Cc1ncc(CC(CSc2ccc(Cl)cc2)Sc2c(Cl)cccc2Cl)[nH]1. The van der Waals surface area contributed by atoms with Crippen LogP contribution in [-0.4, -0.2) is 21.0 Å². The van der Waals surface area contributed by atoms with Crippen molar-refractivity contribution in [3.05, 3.63) is 75.2 Å². The number of hydrogen-bond acceptors (Lipinski definition) is 3. The molecular weight excluding hydrogens is 427 g/mol. The maximum atomic E-state index is 6.37. The fraction of sp³-hybridized carbons (Fsp3) is 0.211. The Labute approximate surface area is 177 Å². The molecule has 0 fully saturated rings. The summed E-state index contributed by atoms with van der Waals surface area (Å²) in [5.41, 5.74) is 1.11. The molecule has 7 heteroatoms. The number of aromatic nitrogens is 2. The summed E-state index contributed by atoms with van der Waals surface area (Å²) in [5.74, 6) is 1.83. The second-order valence-electron chi connectivity index (χ2n) is 5.75. The maximum absolute atomic E-state index is 6.37. The van der Waals surface area contributed by atoms with Gasteiger partial charge in [-0.15, -0.1) is 23.5 Å². The lowest BCUT2D eigenvalue weighted by molar-refractivity contribution is 0.914. The van der Waals surface area contributed by atoms with Crippen LogP contribution in [0.5, 0.6) is 0 Å². The van der Waals surface area contributed by atoms with Gasteiger partial charge in [0.2, 0.25) is 0 Å². The van der Waals surface area contributed by atoms with Gasteiger partial charge in [-0.3, -0.25) is 0 Å². The molecule has 1 unspecified atom stereocenters. The molecule has 0 aliphatic carbocycles. The average Bonchev–Trinajstić information content (AvgIpc) is 3.02. The molecule has 0 spiro atoms. The number of hydrogen-bond donors (Lipinski definition) is 1. The van der Waals surface area contributed by atoms with Crippen LogP contribution < -0.4 is 0 Å². The van der Waals surface area contributed by atoms with Crippen LogP contribution in [0.25, 0.3) is 0 Å². The highest BCUT2D eigenvalue weighted by Gasteiger charge is 2.17. The molecule has 0 radical (unpaired) electrons. The predicted molar refractivity (Wildman–Crippen MR) is 115 cm³/mol. The topological polar surface area (TPSA) is 28.7 Å². The Balaban J connectivity index is 1.75. The first-order valence-electron chi connectivity index (χ1n) is 8.01. The molecule has 0 aliphatic rings. The standard InChI is InChI=1S/C19H17Cl3N2S2/c1-12-23-10-14(24-12)9-16(11-25-15-7-5-13(20)6-8-15)26-19-17(21)3-2-4-18(19)22/h2-8,10,16H,9,11H2,1H3,(H,23,24). The van der Waals surface area contributed by atoms with Crippen molar-refractivity contribution in [3.8, 4) is 0 Å². The van der Waals surface area contributed by atoms with E-state index in [0.29, 0.717) is 10.0 Å². The highest BCUT2D eigenvalue weighted by atomic mass is 35.5. The summed E-state index contributed by atoms with van der Waals surface area (Å²) < 4.78 is 0. The second kappa shape index (κ2) is 9.43. The predicted octanol–water partition coefficient (Wildman–Crippen LogP) is 7.17. The molecule has 2 nitrogen and oxygen atoms in total. The van der Waals surface area contributed by atoms with Gasteiger partial charge in [-0.25, -0.2) is 4.98 Å². The fourth-order valence-electron chi connectivity index (χ4n) is 2.44. The van der Waals surface area contributed by atoms with Gasteiger partial charge in [0, 0.05) is 44.1 Å². The molecule has 0 bridgehead atoms. The number of aromatic amines is 1. The van der Waals surface area contributed by atoms with E-state index in [0.717, 1.165) is 33.6 Å². The zero-order valence-electron chi connectivity index (χ0n) is 14.0. The summed E-state index contributed by atoms with van der Waals surface area (Å²) >= 11 is 22.2. The molecule has 3 rings (SSSR count). The van der Waals surface area contributed by atoms with Gasteiger partial charge >= 0.3 is 0 Å². The van der Waals surface area contributed by atoms with E-state index in [1.165, 1.54) is 4.90 Å². The Morgan fingerprint density at radius 3 is 2.35 bits per heavy atom. The van der Waals surface area contributed by atoms with E-state index in [-0.39, 0.29) is 5.25 Å². The summed E-state index contributed by atoms with van der Waals surface area (Å²) in [5, 5.41) is 2.40. The van der Waals surface area contributed by atoms with Crippen molar-refractivity contribution >= 4 is 58.3 Å². The van der Waals surface area contributed by atoms with Crippen molar-refractivity contribution < 1.29 is 0 Å². The molecule has 1 heterocycles. The normalized spacial score (nSPS) is 12.3. The van der Waals surface area contributed by atoms with Gasteiger partial charge in [-0.2, -0.15) is 0 Å². The molecule has 0 saturated heterocycles. The van der Waals surface area contributed by atoms with Gasteiger partial charge < -0.3 is 4.98 Å². The zero-order valence-corrected chi connectivity index (χ0v) is 17.9. The summed E-state index contributed by atoms with van der Waals surface area (Å²) in [6, 6.07) is 13.5. The smallest absolute Gasteiger partial charge is 0.103 e. The first kappa shape index (κ1) is 20.0. The van der Waals surface area contributed by atoms with E-state index in [1.54, 1.807) is 23.5 Å². The molecule has 0 aliphatic heterocycles. The highest BCUT2D eigenvalue weighted by Crippen LogP contribution is 2.39. The van der Waals surface area contributed by atoms with E-state index < -0.39 is 0 Å². The highest BCUT2D eigenvalue weighted by molar-refractivity contribution is 8.03. The van der Waals surface area contributed by atoms with Gasteiger partial charge in [0.05, 0.1) is 10.0 Å². The van der Waals surface area contributed by atoms with Crippen LogP contribution in [0.2, 0.25) is 15.1 Å². The van der Waals surface area contributed by atoms with E-state index in [9.17, 15) is 0 Å². The zero-order chi connectivity index (χ0) is 18.5. The number of H-pyrrole nitrogens is 1. The second-order valence-corrected chi connectivity index (χ2v) is 9.41. The van der Waals surface area contributed by atoms with E-state index >= 15 is 0 Å². The summed E-state index contributed by atoms with van der Waals surface area (Å²) in [4.78, 5) is 9.72. The van der Waals surface area contributed by atoms with Crippen molar-refractivity contribution in [2.45, 2.75) is 28.4 Å². The molecule has 1 atom stereocenters. The van der Waals surface area contributed by atoms with Crippen LogP contribution in [-0.2, 0) is 6.42 Å². The Bertz CT molecular complexity index is 845. The van der Waals surface area contributed by atoms with Crippen molar-refractivity contribution in [3.63, 3.8) is 0 Å². The minimum Gasteiger partial charge on any atom is -0.346 e. The summed E-state index contributed by atoms with van der Waals surface area (Å²) in [6.45, 7) is 1.96. The first-order valence-corrected chi connectivity index (χ1v) is 11.0. The number of thioether (sulfide) groups is 2. The number of nitrogens with zero attached hydrogens (tertiary/aromatic N) is 1. The van der Waals surface area contributed by atoms with Crippen LogP contribution in [0.3, 0.4) is 0 Å². The molecular formula is C19H17Cl3N2S2. The van der Waals surface area contributed by atoms with Crippen LogP contribution in [0.15, 0.2) is 58.5 Å². The maximum Gasteiger partial charge on any atom is 0.103 e. The summed E-state index contributed by atoms with van der Waals surface area (Å²) in [6.07, 6.45) is 2.75. The quantitative estimate of drug-likeness (QED) is 0.392. The lowest BCUT2D eigenvalue weighted by Gasteiger charge is -2.17. The van der Waals surface area contributed by atoms with Crippen molar-refractivity contribution in [1.82, 2.24) is 9.97 Å². The van der Waals surface area contributed by atoms with Crippen molar-refractivity contribution in [1.29, 1.82) is 0 Å². The third-order valence-electron chi connectivity index (χ3n) is 3.66. The van der Waals surface area contributed by atoms with Crippen LogP contribution in [0, 0.1) is 6.92 Å². The number of nitrogens with one attached hydrogen (secondary N) is 1. The van der Waals surface area contributed by atoms with E-state index in [1.807, 2.05) is 55.6 Å². The van der Waals surface area contributed by atoms with E-state index in [4.69, 9.17) is 34.8 Å². The van der Waals surface area contributed by atoms with Crippen molar-refractivity contribution in [2.75, 3.05) is 5.75 Å². The Morgan fingerprint density at radius 2 is 1.73 bits per heavy atom. The Morgan fingerprint density at radius 1 is 1.04 bits per heavy atom. The van der Waals surface area contributed by atoms with Gasteiger partial charge in [-0.05, 0) is 43.3 Å². The number of halogens is 3. The van der Waals surface area contributed by atoms with Gasteiger partial charge in [-0.1, -0.05) is 40.9 Å². The molecule has 1 aromatic heterocycles. The van der Waals surface area contributed by atoms with Gasteiger partial charge in [0.25, 0.3) is 0 Å². The lowest BCUT2D eigenvalue weighted by Crippen LogP contribution is -2.11. The van der Waals surface area contributed by atoms with Gasteiger partial charge in [0.15, 0.2) is 0 Å². The number of benzene rings is 2. The van der Waals surface area contributed by atoms with Crippen LogP contribution in [0.1, 0.15) is 11.5 Å². The van der Waals surface area contributed by atoms with Crippen LogP contribution in [0.4, 0.5) is 0 Å². The molecule has 3 aromatic rings. The Hall–Kier alpha value is -0.780. The molecule has 0 saturated carbocycles. The third-order valence-corrected chi connectivity index (χ3v) is 7.49. The third kappa shape index (κ3) is 5.61. The number of aryl methyl sites for hydroxylation is 1.